The summed E-state index contributed by atoms with van der Waals surface area (Å²) in [6, 6.07) is -0.752. The Balaban J connectivity index is 2.09. The number of aliphatic hydroxyl groups excluding tert-OH is 1. The maximum Gasteiger partial charge on any atom is 0.247 e. The fourth-order valence-corrected chi connectivity index (χ4v) is 10.9. The van der Waals surface area contributed by atoms with Crippen LogP contribution in [-0.4, -0.2) is 96.7 Å². The van der Waals surface area contributed by atoms with Crippen LogP contribution in [0, 0.1) is 17.3 Å². The topological polar surface area (TPSA) is 81.2 Å². The molecule has 0 aromatic rings. The van der Waals surface area contributed by atoms with Gasteiger partial charge in [0, 0.05) is 41.8 Å². The molecule has 0 radical (unpaired) electrons. The predicted molar refractivity (Wildman–Crippen MR) is 158 cm³/mol. The van der Waals surface area contributed by atoms with Crippen molar-refractivity contribution in [2.75, 3.05) is 32.8 Å². The molecular weight excluding hydrogens is 566 g/mol. The van der Waals surface area contributed by atoms with Gasteiger partial charge in [0.25, 0.3) is 0 Å². The van der Waals surface area contributed by atoms with E-state index in [0.29, 0.717) is 26.1 Å². The Kier molecular flexibility index (Phi) is 9.57. The molecule has 3 fully saturated rings. The van der Waals surface area contributed by atoms with E-state index in [1.165, 1.54) is 0 Å². The number of fused-ring (bicyclic) bond motifs is 1. The molecule has 3 saturated heterocycles. The summed E-state index contributed by atoms with van der Waals surface area (Å²) < 4.78 is -0.730. The normalized spacial score (nSPS) is 30.4. The molecule has 3 amide bonds. The van der Waals surface area contributed by atoms with Crippen LogP contribution >= 0.6 is 27.7 Å². The first-order chi connectivity index (χ1) is 17.7. The molecule has 0 saturated carbocycles. The van der Waals surface area contributed by atoms with E-state index in [-0.39, 0.29) is 46.4 Å². The second kappa shape index (κ2) is 11.7. The lowest BCUT2D eigenvalue weighted by Crippen LogP contribution is -2.60. The summed E-state index contributed by atoms with van der Waals surface area (Å²) in [6.45, 7) is 21.6. The van der Waals surface area contributed by atoms with Crippen molar-refractivity contribution in [3.05, 3.63) is 25.3 Å². The highest BCUT2D eigenvalue weighted by molar-refractivity contribution is 9.09. The van der Waals surface area contributed by atoms with Crippen LogP contribution in [-0.2, 0) is 14.4 Å². The van der Waals surface area contributed by atoms with Gasteiger partial charge in [0.2, 0.25) is 17.7 Å². The first-order valence-corrected chi connectivity index (χ1v) is 15.6. The van der Waals surface area contributed by atoms with Gasteiger partial charge in [-0.05, 0) is 38.5 Å². The molecule has 3 aliphatic rings. The van der Waals surface area contributed by atoms with E-state index in [0.717, 1.165) is 12.8 Å². The number of β-amino-alcohol motifs (C(OH)–C–C–N with tert-alkyl or cyclic N) is 1. The number of nitrogens with zero attached hydrogens (tertiary/aromatic N) is 3. The van der Waals surface area contributed by atoms with Crippen molar-refractivity contribution in [1.82, 2.24) is 14.7 Å². The summed E-state index contributed by atoms with van der Waals surface area (Å²) in [4.78, 5) is 47.9. The summed E-state index contributed by atoms with van der Waals surface area (Å²) in [5, 5.41) is 9.85. The number of carbonyl (C=O) groups is 3. The van der Waals surface area contributed by atoms with E-state index < -0.39 is 28.2 Å². The molecule has 3 aliphatic heterocycles. The van der Waals surface area contributed by atoms with Crippen molar-refractivity contribution in [3.63, 3.8) is 0 Å². The Morgan fingerprint density at radius 1 is 1.18 bits per heavy atom. The molecule has 9 heteroatoms. The van der Waals surface area contributed by atoms with Crippen LogP contribution < -0.4 is 0 Å². The Morgan fingerprint density at radius 3 is 2.34 bits per heavy atom. The molecule has 38 heavy (non-hydrogen) atoms. The summed E-state index contributed by atoms with van der Waals surface area (Å²) in [6.07, 6.45) is 5.66. The van der Waals surface area contributed by atoms with Crippen LogP contribution in [0.4, 0.5) is 0 Å². The molecule has 3 unspecified atom stereocenters. The number of thioether (sulfide) groups is 1. The molecule has 0 aromatic carbocycles. The molecule has 0 aliphatic carbocycles. The third kappa shape index (κ3) is 5.49. The van der Waals surface area contributed by atoms with Gasteiger partial charge in [0.1, 0.15) is 6.04 Å². The number of alkyl halides is 1. The van der Waals surface area contributed by atoms with Crippen LogP contribution in [0.2, 0.25) is 0 Å². The van der Waals surface area contributed by atoms with Crippen molar-refractivity contribution < 1.29 is 19.5 Å². The standard InChI is InChI=1S/C29H46BrN3O4S/c1-9-12-31(13-10-2)24(35)20-21-25(36)32(15-16-34)23(29(21)17-19(30)22(20)38-29)26(37)33(14-11-3)28(7,8)18-27(4,5)6/h9,11,19-23,34H,1,3,10,12-18H2,2,4-8H3/t19?,20-,21-,22-,23?,29?/m0/s1. The minimum absolute atomic E-state index is 0.0116. The summed E-state index contributed by atoms with van der Waals surface area (Å²) in [5.74, 6) is -1.47. The van der Waals surface area contributed by atoms with Gasteiger partial charge in [-0.25, -0.2) is 0 Å². The van der Waals surface area contributed by atoms with E-state index >= 15 is 0 Å². The highest BCUT2D eigenvalue weighted by atomic mass is 79.9. The number of carbonyl (C=O) groups excluding carboxylic acids is 3. The zero-order chi connectivity index (χ0) is 28.6. The molecule has 1 N–H and O–H groups in total. The van der Waals surface area contributed by atoms with Crippen molar-refractivity contribution in [2.24, 2.45) is 17.3 Å². The van der Waals surface area contributed by atoms with E-state index in [2.05, 4.69) is 63.7 Å². The summed E-state index contributed by atoms with van der Waals surface area (Å²) in [5.41, 5.74) is -0.508. The smallest absolute Gasteiger partial charge is 0.247 e. The van der Waals surface area contributed by atoms with Crippen LogP contribution in [0.1, 0.15) is 60.8 Å². The molecule has 3 heterocycles. The van der Waals surface area contributed by atoms with Gasteiger partial charge < -0.3 is 19.8 Å². The number of amides is 3. The third-order valence-electron chi connectivity index (χ3n) is 8.08. The SMILES string of the molecule is C=CCN(CCC)C(=O)[C@H]1[C@H]2C(=O)N(CCO)C(C(=O)N(CC=C)C(C)(C)CC(C)(C)C)C23CC(Br)[C@@H]1S3. The van der Waals surface area contributed by atoms with Crippen LogP contribution in [0.25, 0.3) is 0 Å². The van der Waals surface area contributed by atoms with Crippen LogP contribution in [0.3, 0.4) is 0 Å². The third-order valence-corrected chi connectivity index (χ3v) is 11.3. The Morgan fingerprint density at radius 2 is 1.82 bits per heavy atom. The molecule has 0 aromatic heterocycles. The maximum atomic E-state index is 14.6. The van der Waals surface area contributed by atoms with Gasteiger partial charge in [0.05, 0.1) is 23.2 Å². The van der Waals surface area contributed by atoms with E-state index in [4.69, 9.17) is 0 Å². The second-order valence-corrected chi connectivity index (χ2v) is 15.5. The minimum atomic E-state index is -0.752. The quantitative estimate of drug-likeness (QED) is 0.265. The van der Waals surface area contributed by atoms with Gasteiger partial charge in [-0.2, -0.15) is 0 Å². The monoisotopic (exact) mass is 611 g/mol. The number of rotatable bonds is 12. The number of aliphatic hydroxyl groups is 1. The predicted octanol–water partition coefficient (Wildman–Crippen LogP) is 4.10. The van der Waals surface area contributed by atoms with Crippen LogP contribution in [0.15, 0.2) is 25.3 Å². The van der Waals surface area contributed by atoms with Gasteiger partial charge in [0.15, 0.2) is 0 Å². The average molecular weight is 613 g/mol. The van der Waals surface area contributed by atoms with Crippen molar-refractivity contribution >= 4 is 45.4 Å². The van der Waals surface area contributed by atoms with Crippen molar-refractivity contribution in [3.8, 4) is 0 Å². The van der Waals surface area contributed by atoms with Crippen molar-refractivity contribution in [1.29, 1.82) is 0 Å². The molecular formula is C29H46BrN3O4S. The van der Waals surface area contributed by atoms with Gasteiger partial charge in [-0.3, -0.25) is 14.4 Å². The summed E-state index contributed by atoms with van der Waals surface area (Å²) >= 11 is 5.47. The second-order valence-electron chi connectivity index (χ2n) is 12.8. The number of hydrogen-bond acceptors (Lipinski definition) is 5. The van der Waals surface area contributed by atoms with E-state index in [9.17, 15) is 19.5 Å². The molecule has 1 spiro atoms. The number of likely N-dealkylation sites (tertiary alicyclic amines) is 1. The molecule has 3 rings (SSSR count). The Labute approximate surface area is 241 Å². The average Bonchev–Trinajstić information content (AvgIpc) is 3.39. The van der Waals surface area contributed by atoms with Gasteiger partial charge >= 0.3 is 0 Å². The maximum absolute atomic E-state index is 14.6. The first-order valence-electron chi connectivity index (χ1n) is 13.8. The summed E-state index contributed by atoms with van der Waals surface area (Å²) in [7, 11) is 0. The largest absolute Gasteiger partial charge is 0.395 e. The molecule has 214 valence electrons. The highest BCUT2D eigenvalue weighted by Gasteiger charge is 2.76. The lowest BCUT2D eigenvalue weighted by molar-refractivity contribution is -0.147. The zero-order valence-corrected chi connectivity index (χ0v) is 26.3. The fourth-order valence-electron chi connectivity index (χ4n) is 7.27. The number of hydrogen-bond donors (Lipinski definition) is 1. The Hall–Kier alpha value is -1.32. The molecule has 2 bridgehead atoms. The molecule has 6 atom stereocenters. The number of halogens is 1. The van der Waals surface area contributed by atoms with Crippen LogP contribution in [0.5, 0.6) is 0 Å². The van der Waals surface area contributed by atoms with E-state index in [1.807, 2.05) is 11.8 Å². The lowest BCUT2D eigenvalue weighted by atomic mass is 9.70. The highest BCUT2D eigenvalue weighted by Crippen LogP contribution is 2.68. The van der Waals surface area contributed by atoms with Gasteiger partial charge in [-0.1, -0.05) is 55.8 Å². The van der Waals surface area contributed by atoms with Crippen molar-refractivity contribution in [2.45, 2.75) is 87.2 Å². The first kappa shape index (κ1) is 31.2. The lowest BCUT2D eigenvalue weighted by Gasteiger charge is -2.46. The molecule has 7 nitrogen and oxygen atoms in total. The van der Waals surface area contributed by atoms with Gasteiger partial charge in [-0.15, -0.1) is 24.9 Å². The van der Waals surface area contributed by atoms with E-state index in [1.54, 1.807) is 33.7 Å². The fraction of sp³-hybridized carbons (Fsp3) is 0.759. The minimum Gasteiger partial charge on any atom is -0.395 e. The zero-order valence-electron chi connectivity index (χ0n) is 23.9. The Bertz CT molecular complexity index is 951.